The van der Waals surface area contributed by atoms with Crippen molar-refractivity contribution < 1.29 is 9.21 Å². The van der Waals surface area contributed by atoms with Crippen LogP contribution in [-0.2, 0) is 17.9 Å². The maximum absolute atomic E-state index is 13.4. The minimum Gasteiger partial charge on any atom is -0.467 e. The van der Waals surface area contributed by atoms with Crippen molar-refractivity contribution in [3.63, 3.8) is 0 Å². The average molecular weight is 452 g/mol. The Morgan fingerprint density at radius 1 is 1.19 bits per heavy atom. The fraction of sp³-hybridized carbons (Fsp3) is 0.304. The first-order valence-electron chi connectivity index (χ1n) is 10.4. The van der Waals surface area contributed by atoms with Crippen LogP contribution in [0.25, 0.3) is 11.0 Å². The van der Waals surface area contributed by atoms with Crippen molar-refractivity contribution in [1.82, 2.24) is 19.3 Å². The first-order valence-corrected chi connectivity index (χ1v) is 11.4. The topological polar surface area (TPSA) is 95.0 Å². The smallest absolute Gasteiger partial charge is 0.280 e. The zero-order valence-electron chi connectivity index (χ0n) is 18.5. The van der Waals surface area contributed by atoms with Crippen molar-refractivity contribution in [3.8, 4) is 0 Å². The van der Waals surface area contributed by atoms with Crippen LogP contribution in [0.15, 0.2) is 51.0 Å². The second-order valence-electron chi connectivity index (χ2n) is 7.60. The van der Waals surface area contributed by atoms with Gasteiger partial charge in [-0.2, -0.15) is 5.10 Å². The Bertz CT molecular complexity index is 1340. The molecule has 0 saturated carbocycles. The lowest BCUT2D eigenvalue weighted by Gasteiger charge is -2.12. The van der Waals surface area contributed by atoms with E-state index in [1.165, 1.54) is 17.3 Å². The van der Waals surface area contributed by atoms with Gasteiger partial charge in [-0.3, -0.25) is 18.8 Å². The van der Waals surface area contributed by atoms with Crippen molar-refractivity contribution in [2.24, 2.45) is 0 Å². The maximum Gasteiger partial charge on any atom is 0.280 e. The molecule has 0 aliphatic heterocycles. The van der Waals surface area contributed by atoms with Gasteiger partial charge in [-0.25, -0.2) is 4.98 Å². The number of rotatable bonds is 7. The zero-order valence-corrected chi connectivity index (χ0v) is 19.3. The second-order valence-corrected chi connectivity index (χ2v) is 8.54. The summed E-state index contributed by atoms with van der Waals surface area (Å²) in [7, 11) is 0. The predicted molar refractivity (Wildman–Crippen MR) is 125 cm³/mol. The fourth-order valence-corrected chi connectivity index (χ4v) is 4.26. The number of aromatic nitrogens is 4. The number of fused-ring (bicyclic) bond motifs is 1. The highest BCUT2D eigenvalue weighted by molar-refractivity contribution is 7.99. The van der Waals surface area contributed by atoms with Gasteiger partial charge in [0.25, 0.3) is 5.56 Å². The molecule has 0 radical (unpaired) electrons. The summed E-state index contributed by atoms with van der Waals surface area (Å²) in [4.78, 5) is 30.7. The minimum absolute atomic E-state index is 0.115. The van der Waals surface area contributed by atoms with Gasteiger partial charge in [0, 0.05) is 12.2 Å². The van der Waals surface area contributed by atoms with Gasteiger partial charge >= 0.3 is 0 Å². The lowest BCUT2D eigenvalue weighted by molar-refractivity contribution is -0.113. The van der Waals surface area contributed by atoms with E-state index in [4.69, 9.17) is 9.40 Å². The Morgan fingerprint density at radius 2 is 2.00 bits per heavy atom. The van der Waals surface area contributed by atoms with E-state index in [0.717, 1.165) is 11.3 Å². The van der Waals surface area contributed by atoms with E-state index in [1.807, 2.05) is 45.9 Å². The molecule has 9 heteroatoms. The number of carbonyl (C=O) groups excluding carboxylic acids is 1. The van der Waals surface area contributed by atoms with Crippen molar-refractivity contribution in [2.75, 3.05) is 11.1 Å². The number of furan rings is 1. The number of amides is 1. The van der Waals surface area contributed by atoms with Gasteiger partial charge in [-0.15, -0.1) is 0 Å². The minimum atomic E-state index is -0.203. The Morgan fingerprint density at radius 3 is 2.69 bits per heavy atom. The Labute approximate surface area is 189 Å². The zero-order chi connectivity index (χ0) is 22.8. The molecule has 0 atom stereocenters. The molecule has 3 heterocycles. The highest BCUT2D eigenvalue weighted by Crippen LogP contribution is 2.22. The first-order chi connectivity index (χ1) is 15.4. The van der Waals surface area contributed by atoms with Crippen LogP contribution in [0.4, 0.5) is 5.69 Å². The number of aryl methyl sites for hydroxylation is 4. The van der Waals surface area contributed by atoms with E-state index in [1.54, 1.807) is 27.6 Å². The Kier molecular flexibility index (Phi) is 6.18. The third-order valence-corrected chi connectivity index (χ3v) is 6.27. The molecular formula is C23H25N5O3S. The Hall–Kier alpha value is -3.33. The molecule has 0 spiro atoms. The monoisotopic (exact) mass is 451 g/mol. The van der Waals surface area contributed by atoms with E-state index >= 15 is 0 Å². The van der Waals surface area contributed by atoms with Crippen LogP contribution >= 0.6 is 11.8 Å². The van der Waals surface area contributed by atoms with Crippen LogP contribution in [0.3, 0.4) is 0 Å². The molecule has 0 fully saturated rings. The SMILES string of the molecule is CCn1nc(C)c2nc(SCC(=O)Nc3ccc(C)c(C)c3)n(Cc3ccco3)c(=O)c21. The number of hydrogen-bond donors (Lipinski definition) is 1. The number of nitrogens with one attached hydrogen (secondary N) is 1. The van der Waals surface area contributed by atoms with Crippen molar-refractivity contribution >= 4 is 34.4 Å². The molecule has 1 amide bonds. The van der Waals surface area contributed by atoms with Gasteiger partial charge in [0.1, 0.15) is 11.3 Å². The lowest BCUT2D eigenvalue weighted by Crippen LogP contribution is -2.26. The summed E-state index contributed by atoms with van der Waals surface area (Å²) in [5.74, 6) is 0.580. The van der Waals surface area contributed by atoms with Crippen molar-refractivity contribution in [1.29, 1.82) is 0 Å². The van der Waals surface area contributed by atoms with Crippen LogP contribution in [-0.4, -0.2) is 31.0 Å². The molecule has 3 aromatic heterocycles. The predicted octanol–water partition coefficient (Wildman–Crippen LogP) is 3.91. The number of thioether (sulfide) groups is 1. The molecule has 32 heavy (non-hydrogen) atoms. The lowest BCUT2D eigenvalue weighted by atomic mass is 10.1. The van der Waals surface area contributed by atoms with Crippen LogP contribution in [0.5, 0.6) is 0 Å². The number of anilines is 1. The van der Waals surface area contributed by atoms with Gasteiger partial charge < -0.3 is 9.73 Å². The van der Waals surface area contributed by atoms with Gasteiger partial charge in [0.05, 0.1) is 24.3 Å². The maximum atomic E-state index is 13.4. The highest BCUT2D eigenvalue weighted by atomic mass is 32.2. The van der Waals surface area contributed by atoms with Gasteiger partial charge in [-0.05, 0) is 63.1 Å². The molecule has 4 rings (SSSR count). The van der Waals surface area contributed by atoms with Crippen LogP contribution < -0.4 is 10.9 Å². The van der Waals surface area contributed by atoms with E-state index in [9.17, 15) is 9.59 Å². The quantitative estimate of drug-likeness (QED) is 0.338. The van der Waals surface area contributed by atoms with Crippen LogP contribution in [0, 0.1) is 20.8 Å². The van der Waals surface area contributed by atoms with E-state index < -0.39 is 0 Å². The molecular weight excluding hydrogens is 426 g/mol. The third-order valence-electron chi connectivity index (χ3n) is 5.30. The van der Waals surface area contributed by atoms with E-state index in [2.05, 4.69) is 10.4 Å². The normalized spacial score (nSPS) is 11.2. The van der Waals surface area contributed by atoms with Gasteiger partial charge in [-0.1, -0.05) is 17.8 Å². The molecule has 0 bridgehead atoms. The van der Waals surface area contributed by atoms with E-state index in [0.29, 0.717) is 34.2 Å². The Balaban J connectivity index is 1.64. The molecule has 166 valence electrons. The van der Waals surface area contributed by atoms with Crippen LogP contribution in [0.1, 0.15) is 29.5 Å². The summed E-state index contributed by atoms with van der Waals surface area (Å²) in [6, 6.07) is 9.38. The first kappa shape index (κ1) is 21.9. The van der Waals surface area contributed by atoms with Gasteiger partial charge in [0.15, 0.2) is 10.7 Å². The third kappa shape index (κ3) is 4.34. The molecule has 8 nitrogen and oxygen atoms in total. The summed E-state index contributed by atoms with van der Waals surface area (Å²) >= 11 is 1.22. The molecule has 1 N–H and O–H groups in total. The van der Waals surface area contributed by atoms with Crippen LogP contribution in [0.2, 0.25) is 0 Å². The van der Waals surface area contributed by atoms with Crippen molar-refractivity contribution in [3.05, 3.63) is 69.5 Å². The number of nitrogens with zero attached hydrogens (tertiary/aromatic N) is 4. The van der Waals surface area contributed by atoms with Crippen molar-refractivity contribution in [2.45, 2.75) is 45.9 Å². The van der Waals surface area contributed by atoms with E-state index in [-0.39, 0.29) is 23.8 Å². The summed E-state index contributed by atoms with van der Waals surface area (Å²) in [5.41, 5.74) is 4.52. The summed E-state index contributed by atoms with van der Waals surface area (Å²) in [6.07, 6.45) is 1.57. The largest absolute Gasteiger partial charge is 0.467 e. The van der Waals surface area contributed by atoms with Gasteiger partial charge in [0.2, 0.25) is 5.91 Å². The second kappa shape index (κ2) is 9.04. The highest BCUT2D eigenvalue weighted by Gasteiger charge is 2.19. The molecule has 0 aliphatic rings. The molecule has 0 aliphatic carbocycles. The molecule has 4 aromatic rings. The number of carbonyl (C=O) groups is 1. The number of benzene rings is 1. The summed E-state index contributed by atoms with van der Waals surface area (Å²) < 4.78 is 8.66. The standard InChI is InChI=1S/C23H25N5O3S/c1-5-28-21-20(16(4)26-28)25-23(27(22(21)30)12-18-7-6-10-31-18)32-13-19(29)24-17-9-8-14(2)15(3)11-17/h6-11H,5,12-13H2,1-4H3,(H,24,29). The summed E-state index contributed by atoms with van der Waals surface area (Å²) in [6.45, 7) is 8.59. The number of hydrogen-bond acceptors (Lipinski definition) is 6. The summed E-state index contributed by atoms with van der Waals surface area (Å²) in [5, 5.41) is 7.81. The molecule has 1 aromatic carbocycles. The fourth-order valence-electron chi connectivity index (χ4n) is 3.47. The molecule has 0 unspecified atom stereocenters. The molecule has 0 saturated heterocycles. The average Bonchev–Trinajstić information content (AvgIpc) is 3.39.